The molecule has 0 bridgehead atoms. The highest BCUT2D eigenvalue weighted by Gasteiger charge is 2.33. The summed E-state index contributed by atoms with van der Waals surface area (Å²) in [4.78, 5) is 11.1. The maximum atomic E-state index is 14.3. The zero-order valence-corrected chi connectivity index (χ0v) is 18.5. The number of aliphatic hydroxyl groups is 1. The Morgan fingerprint density at radius 1 is 0.971 bits per heavy atom. The van der Waals surface area contributed by atoms with Gasteiger partial charge in [0.05, 0.1) is 12.2 Å². The van der Waals surface area contributed by atoms with Crippen LogP contribution in [0, 0.1) is 12.7 Å². The Balaban J connectivity index is 1.86. The van der Waals surface area contributed by atoms with E-state index in [0.29, 0.717) is 23.1 Å². The first-order valence-corrected chi connectivity index (χ1v) is 10.7. The van der Waals surface area contributed by atoms with Crippen LogP contribution in [0.25, 0.3) is 11.1 Å². The van der Waals surface area contributed by atoms with Crippen molar-refractivity contribution >= 4 is 5.97 Å². The lowest BCUT2D eigenvalue weighted by Gasteiger charge is -2.17. The number of rotatable bonds is 9. The first-order chi connectivity index (χ1) is 16.1. The van der Waals surface area contributed by atoms with E-state index < -0.39 is 30.4 Å². The zero-order chi connectivity index (χ0) is 24.9. The fraction of sp³-hybridized carbons (Fsp3) is 0.269. The second-order valence-electron chi connectivity index (χ2n) is 8.01. The molecule has 0 amide bonds. The first kappa shape index (κ1) is 25.4. The summed E-state index contributed by atoms with van der Waals surface area (Å²) in [5.41, 5.74) is 2.53. The van der Waals surface area contributed by atoms with Crippen LogP contribution in [0.5, 0.6) is 0 Å². The van der Waals surface area contributed by atoms with Gasteiger partial charge >= 0.3 is 12.1 Å². The predicted molar refractivity (Wildman–Crippen MR) is 121 cm³/mol. The zero-order valence-electron chi connectivity index (χ0n) is 18.5. The molecule has 8 heteroatoms. The molecule has 0 aliphatic heterocycles. The van der Waals surface area contributed by atoms with Crippen LogP contribution in [0.4, 0.5) is 17.6 Å². The molecule has 180 valence electrons. The summed E-state index contributed by atoms with van der Waals surface area (Å²) < 4.78 is 55.2. The SMILES string of the molecule is Cc1c(CCc2cc(CNC(CO)C(=O)O)ccc2C(F)(F)F)cccc1-c1ccccc1F. The van der Waals surface area contributed by atoms with Crippen molar-refractivity contribution in [2.45, 2.75) is 38.5 Å². The van der Waals surface area contributed by atoms with Crippen molar-refractivity contribution in [3.63, 3.8) is 0 Å². The van der Waals surface area contributed by atoms with Crippen molar-refractivity contribution in [1.29, 1.82) is 0 Å². The molecule has 0 saturated carbocycles. The van der Waals surface area contributed by atoms with Gasteiger partial charge in [-0.3, -0.25) is 10.1 Å². The van der Waals surface area contributed by atoms with E-state index in [-0.39, 0.29) is 24.3 Å². The molecule has 0 aliphatic rings. The van der Waals surface area contributed by atoms with Crippen molar-refractivity contribution in [2.24, 2.45) is 0 Å². The summed E-state index contributed by atoms with van der Waals surface area (Å²) in [7, 11) is 0. The van der Waals surface area contributed by atoms with Crippen molar-refractivity contribution in [3.8, 4) is 11.1 Å². The van der Waals surface area contributed by atoms with E-state index in [4.69, 9.17) is 10.2 Å². The number of aliphatic hydroxyl groups excluding tert-OH is 1. The van der Waals surface area contributed by atoms with Gasteiger partial charge in [0.15, 0.2) is 0 Å². The minimum atomic E-state index is -4.54. The lowest BCUT2D eigenvalue weighted by molar-refractivity contribution is -0.140. The van der Waals surface area contributed by atoms with E-state index in [1.165, 1.54) is 18.2 Å². The van der Waals surface area contributed by atoms with Crippen LogP contribution in [0.2, 0.25) is 0 Å². The second kappa shape index (κ2) is 10.8. The normalized spacial score (nSPS) is 12.5. The van der Waals surface area contributed by atoms with Crippen LogP contribution in [0.3, 0.4) is 0 Å². The average molecular weight is 475 g/mol. The third-order valence-electron chi connectivity index (χ3n) is 5.78. The number of nitrogens with one attached hydrogen (secondary N) is 1. The van der Waals surface area contributed by atoms with Crippen LogP contribution in [0.15, 0.2) is 60.7 Å². The number of hydrogen-bond donors (Lipinski definition) is 3. The highest BCUT2D eigenvalue weighted by molar-refractivity contribution is 5.73. The fourth-order valence-corrected chi connectivity index (χ4v) is 3.91. The quantitative estimate of drug-likeness (QED) is 0.375. The molecule has 0 aromatic heterocycles. The third-order valence-corrected chi connectivity index (χ3v) is 5.78. The number of carbonyl (C=O) groups is 1. The van der Waals surface area contributed by atoms with Crippen LogP contribution in [0.1, 0.15) is 27.8 Å². The van der Waals surface area contributed by atoms with Gasteiger partial charge < -0.3 is 10.2 Å². The lowest BCUT2D eigenvalue weighted by atomic mass is 9.91. The number of halogens is 4. The van der Waals surface area contributed by atoms with E-state index >= 15 is 0 Å². The summed E-state index contributed by atoms with van der Waals surface area (Å²) in [6.45, 7) is 1.17. The maximum absolute atomic E-state index is 14.3. The summed E-state index contributed by atoms with van der Waals surface area (Å²) in [5.74, 6) is -1.62. The molecule has 4 nitrogen and oxygen atoms in total. The molecule has 0 radical (unpaired) electrons. The van der Waals surface area contributed by atoms with Gasteiger partial charge in [0.25, 0.3) is 0 Å². The Morgan fingerprint density at radius 3 is 2.29 bits per heavy atom. The van der Waals surface area contributed by atoms with Crippen molar-refractivity contribution in [1.82, 2.24) is 5.32 Å². The molecule has 0 spiro atoms. The Labute approximate surface area is 194 Å². The molecule has 3 rings (SSSR count). The summed E-state index contributed by atoms with van der Waals surface area (Å²) in [6.07, 6.45) is -4.14. The van der Waals surface area contributed by atoms with Crippen molar-refractivity contribution < 1.29 is 32.6 Å². The smallest absolute Gasteiger partial charge is 0.416 e. The van der Waals surface area contributed by atoms with Crippen LogP contribution < -0.4 is 5.32 Å². The molecule has 0 saturated heterocycles. The number of aliphatic carboxylic acids is 1. The molecule has 1 unspecified atom stereocenters. The number of hydrogen-bond acceptors (Lipinski definition) is 3. The van der Waals surface area contributed by atoms with Gasteiger partial charge in [-0.05, 0) is 59.7 Å². The number of aryl methyl sites for hydroxylation is 2. The number of alkyl halides is 3. The molecule has 3 aromatic rings. The largest absolute Gasteiger partial charge is 0.480 e. The Bertz CT molecular complexity index is 1160. The van der Waals surface area contributed by atoms with Gasteiger partial charge in [-0.25, -0.2) is 4.39 Å². The molecule has 3 aromatic carbocycles. The van der Waals surface area contributed by atoms with Crippen molar-refractivity contribution in [2.75, 3.05) is 6.61 Å². The number of carboxylic acid groups (broad SMARTS) is 1. The van der Waals surface area contributed by atoms with E-state index in [0.717, 1.165) is 17.2 Å². The van der Waals surface area contributed by atoms with Gasteiger partial charge in [0, 0.05) is 12.1 Å². The highest BCUT2D eigenvalue weighted by atomic mass is 19.4. The Kier molecular flexibility index (Phi) is 8.06. The molecule has 0 heterocycles. The highest BCUT2D eigenvalue weighted by Crippen LogP contribution is 2.34. The summed E-state index contributed by atoms with van der Waals surface area (Å²) in [6, 6.07) is 14.2. The number of carboxylic acids is 1. The van der Waals surface area contributed by atoms with E-state index in [9.17, 15) is 22.4 Å². The van der Waals surface area contributed by atoms with Gasteiger partial charge in [-0.15, -0.1) is 0 Å². The molecule has 1 atom stereocenters. The average Bonchev–Trinajstić information content (AvgIpc) is 2.78. The van der Waals surface area contributed by atoms with Gasteiger partial charge in [-0.1, -0.05) is 48.5 Å². The van der Waals surface area contributed by atoms with Gasteiger partial charge in [0.2, 0.25) is 0 Å². The standard InChI is InChI=1S/C26H25F4NO3/c1-16-18(5-4-7-20(16)21-6-2-3-8-23(21)27)10-11-19-13-17(9-12-22(19)26(28,29)30)14-31-24(15-32)25(33)34/h2-9,12-13,24,31-32H,10-11,14-15H2,1H3,(H,33,34). The maximum Gasteiger partial charge on any atom is 0.416 e. The van der Waals surface area contributed by atoms with Crippen LogP contribution in [-0.2, 0) is 30.4 Å². The first-order valence-electron chi connectivity index (χ1n) is 10.7. The van der Waals surface area contributed by atoms with E-state index in [1.54, 1.807) is 30.3 Å². The van der Waals surface area contributed by atoms with Gasteiger partial charge in [0.1, 0.15) is 11.9 Å². The third kappa shape index (κ3) is 6.01. The molecule has 0 aliphatic carbocycles. The molecular weight excluding hydrogens is 450 g/mol. The van der Waals surface area contributed by atoms with Crippen molar-refractivity contribution in [3.05, 3.63) is 94.3 Å². The number of benzene rings is 3. The Morgan fingerprint density at radius 2 is 1.65 bits per heavy atom. The molecule has 34 heavy (non-hydrogen) atoms. The summed E-state index contributed by atoms with van der Waals surface area (Å²) >= 11 is 0. The molecular formula is C26H25F4NO3. The van der Waals surface area contributed by atoms with Gasteiger partial charge in [-0.2, -0.15) is 13.2 Å². The predicted octanol–water partition coefficient (Wildman–Crippen LogP) is 5.14. The fourth-order valence-electron chi connectivity index (χ4n) is 3.91. The lowest BCUT2D eigenvalue weighted by Crippen LogP contribution is -2.39. The van der Waals surface area contributed by atoms with Crippen LogP contribution >= 0.6 is 0 Å². The van der Waals surface area contributed by atoms with Crippen LogP contribution in [-0.4, -0.2) is 28.8 Å². The Hall–Kier alpha value is -3.23. The minimum absolute atomic E-state index is 0.00946. The monoisotopic (exact) mass is 475 g/mol. The topological polar surface area (TPSA) is 69.6 Å². The molecule has 3 N–H and O–H groups in total. The molecule has 0 fully saturated rings. The summed E-state index contributed by atoms with van der Waals surface area (Å²) in [5, 5.41) is 20.8. The van der Waals surface area contributed by atoms with E-state index in [1.807, 2.05) is 13.0 Å². The van der Waals surface area contributed by atoms with E-state index in [2.05, 4.69) is 5.32 Å². The second-order valence-corrected chi connectivity index (χ2v) is 8.01. The minimum Gasteiger partial charge on any atom is -0.480 e.